The van der Waals surface area contributed by atoms with Gasteiger partial charge in [0.1, 0.15) is 12.6 Å². The normalized spacial score (nSPS) is 17.4. The Balaban J connectivity index is 1.45. The van der Waals surface area contributed by atoms with Crippen LogP contribution in [0.15, 0.2) is 60.7 Å². The van der Waals surface area contributed by atoms with Crippen LogP contribution in [0.2, 0.25) is 0 Å². The van der Waals surface area contributed by atoms with Crippen LogP contribution in [0.25, 0.3) is 0 Å². The van der Waals surface area contributed by atoms with E-state index in [4.69, 9.17) is 4.74 Å². The van der Waals surface area contributed by atoms with Gasteiger partial charge in [0.25, 0.3) is 0 Å². The lowest BCUT2D eigenvalue weighted by Crippen LogP contribution is -2.58. The Morgan fingerprint density at radius 2 is 1.59 bits per heavy atom. The molecule has 0 spiro atoms. The lowest BCUT2D eigenvalue weighted by molar-refractivity contribution is -0.155. The highest BCUT2D eigenvalue weighted by Gasteiger charge is 2.35. The molecule has 1 atom stereocenters. The van der Waals surface area contributed by atoms with Crippen LogP contribution in [0.1, 0.15) is 24.5 Å². The van der Waals surface area contributed by atoms with Gasteiger partial charge in [-0.05, 0) is 24.5 Å². The van der Waals surface area contributed by atoms with Gasteiger partial charge in [0.15, 0.2) is 0 Å². The van der Waals surface area contributed by atoms with Gasteiger partial charge in [-0.3, -0.25) is 9.59 Å². The van der Waals surface area contributed by atoms with Crippen molar-refractivity contribution in [3.63, 3.8) is 0 Å². The smallest absolute Gasteiger partial charge is 0.245 e. The van der Waals surface area contributed by atoms with Crippen LogP contribution in [-0.2, 0) is 27.5 Å². The van der Waals surface area contributed by atoms with Crippen molar-refractivity contribution < 1.29 is 14.3 Å². The number of carbonyl (C=O) groups is 2. The van der Waals surface area contributed by atoms with Crippen LogP contribution in [-0.4, -0.2) is 47.4 Å². The lowest BCUT2D eigenvalue weighted by atomic mass is 10.1. The van der Waals surface area contributed by atoms with Gasteiger partial charge >= 0.3 is 0 Å². The molecule has 0 saturated carbocycles. The van der Waals surface area contributed by atoms with Crippen molar-refractivity contribution in [1.29, 1.82) is 0 Å². The van der Waals surface area contributed by atoms with Crippen molar-refractivity contribution in [1.82, 2.24) is 9.80 Å². The summed E-state index contributed by atoms with van der Waals surface area (Å²) in [6.45, 7) is 4.09. The average molecular weight is 366 g/mol. The fourth-order valence-electron chi connectivity index (χ4n) is 3.30. The van der Waals surface area contributed by atoms with Gasteiger partial charge in [0.05, 0.1) is 6.61 Å². The minimum absolute atomic E-state index is 0.00101. The number of nitrogens with zero attached hydrogens (tertiary/aromatic N) is 2. The first-order chi connectivity index (χ1) is 13.1. The molecule has 0 aliphatic carbocycles. The maximum absolute atomic E-state index is 12.7. The van der Waals surface area contributed by atoms with E-state index in [9.17, 15) is 9.59 Å². The van der Waals surface area contributed by atoms with E-state index in [2.05, 4.69) is 0 Å². The molecule has 1 fully saturated rings. The molecule has 0 unspecified atom stereocenters. The largest absolute Gasteiger partial charge is 0.377 e. The topological polar surface area (TPSA) is 49.9 Å². The van der Waals surface area contributed by atoms with Crippen molar-refractivity contribution in [2.75, 3.05) is 19.7 Å². The van der Waals surface area contributed by atoms with Crippen LogP contribution in [0.5, 0.6) is 0 Å². The van der Waals surface area contributed by atoms with Crippen molar-refractivity contribution >= 4 is 11.8 Å². The Kier molecular flexibility index (Phi) is 6.60. The van der Waals surface area contributed by atoms with E-state index < -0.39 is 6.04 Å². The molecule has 5 heteroatoms. The zero-order valence-corrected chi connectivity index (χ0v) is 15.7. The summed E-state index contributed by atoms with van der Waals surface area (Å²) < 4.78 is 5.67. The minimum Gasteiger partial charge on any atom is -0.377 e. The molecule has 1 aliphatic heterocycles. The number of ether oxygens (including phenoxy) is 1. The summed E-state index contributed by atoms with van der Waals surface area (Å²) in [5.74, 6) is 0.00440. The third-order valence-corrected chi connectivity index (χ3v) is 4.80. The maximum Gasteiger partial charge on any atom is 0.245 e. The van der Waals surface area contributed by atoms with E-state index in [-0.39, 0.29) is 18.4 Å². The Morgan fingerprint density at radius 3 is 2.26 bits per heavy atom. The van der Waals surface area contributed by atoms with Crippen LogP contribution >= 0.6 is 0 Å². The van der Waals surface area contributed by atoms with E-state index >= 15 is 0 Å². The number of piperazine rings is 1. The highest BCUT2D eigenvalue weighted by atomic mass is 16.5. The lowest BCUT2D eigenvalue weighted by Gasteiger charge is -2.38. The molecular weight excluding hydrogens is 340 g/mol. The number of benzene rings is 2. The molecule has 27 heavy (non-hydrogen) atoms. The molecule has 0 bridgehead atoms. The summed E-state index contributed by atoms with van der Waals surface area (Å²) in [6, 6.07) is 19.3. The summed E-state index contributed by atoms with van der Waals surface area (Å²) in [6.07, 6.45) is 0.717. The van der Waals surface area contributed by atoms with Gasteiger partial charge in [0, 0.05) is 19.7 Å². The molecule has 1 aliphatic rings. The standard InChI is InChI=1S/C22H26N2O3/c1-18-22(26)23(15-19-9-4-2-5-10-19)16-21(25)24(18)13-8-14-27-17-20-11-6-3-7-12-20/h2-7,9-12,18H,8,13-17H2,1H3/t18-/m0/s1. The molecule has 142 valence electrons. The Labute approximate surface area is 160 Å². The van der Waals surface area contributed by atoms with E-state index in [1.807, 2.05) is 67.6 Å². The van der Waals surface area contributed by atoms with Gasteiger partial charge in [-0.1, -0.05) is 60.7 Å². The first-order valence-corrected chi connectivity index (χ1v) is 9.39. The second-order valence-electron chi connectivity index (χ2n) is 6.83. The zero-order valence-electron chi connectivity index (χ0n) is 15.7. The van der Waals surface area contributed by atoms with Gasteiger partial charge in [-0.2, -0.15) is 0 Å². The van der Waals surface area contributed by atoms with Gasteiger partial charge in [-0.15, -0.1) is 0 Å². The third-order valence-electron chi connectivity index (χ3n) is 4.80. The minimum atomic E-state index is -0.427. The Hall–Kier alpha value is -2.66. The molecule has 1 heterocycles. The molecule has 2 amide bonds. The monoisotopic (exact) mass is 366 g/mol. The molecule has 2 aromatic carbocycles. The first kappa shape index (κ1) is 19.1. The number of carbonyl (C=O) groups excluding carboxylic acids is 2. The molecule has 5 nitrogen and oxygen atoms in total. The third kappa shape index (κ3) is 5.17. The maximum atomic E-state index is 12.7. The fraction of sp³-hybridized carbons (Fsp3) is 0.364. The first-order valence-electron chi connectivity index (χ1n) is 9.39. The van der Waals surface area contributed by atoms with Crippen LogP contribution in [0, 0.1) is 0 Å². The Morgan fingerprint density at radius 1 is 0.963 bits per heavy atom. The van der Waals surface area contributed by atoms with Crippen LogP contribution < -0.4 is 0 Å². The predicted octanol–water partition coefficient (Wildman–Crippen LogP) is 2.85. The highest BCUT2D eigenvalue weighted by Crippen LogP contribution is 2.16. The van der Waals surface area contributed by atoms with Crippen molar-refractivity contribution in [3.05, 3.63) is 71.8 Å². The summed E-state index contributed by atoms with van der Waals surface area (Å²) in [7, 11) is 0. The van der Waals surface area contributed by atoms with E-state index in [1.54, 1.807) is 9.80 Å². The van der Waals surface area contributed by atoms with Crippen molar-refractivity contribution in [3.8, 4) is 0 Å². The van der Waals surface area contributed by atoms with E-state index in [1.165, 1.54) is 0 Å². The predicted molar refractivity (Wildman–Crippen MR) is 104 cm³/mol. The van der Waals surface area contributed by atoms with Gasteiger partial charge in [-0.25, -0.2) is 0 Å². The molecule has 3 rings (SSSR count). The molecule has 0 N–H and O–H groups in total. The Bertz CT molecular complexity index is 749. The summed E-state index contributed by atoms with van der Waals surface area (Å²) in [4.78, 5) is 28.5. The van der Waals surface area contributed by atoms with Gasteiger partial charge in [0.2, 0.25) is 11.8 Å². The fourth-order valence-corrected chi connectivity index (χ4v) is 3.30. The number of hydrogen-bond acceptors (Lipinski definition) is 3. The molecule has 1 saturated heterocycles. The van der Waals surface area contributed by atoms with Crippen molar-refractivity contribution in [2.45, 2.75) is 32.5 Å². The highest BCUT2D eigenvalue weighted by molar-refractivity contribution is 5.94. The average Bonchev–Trinajstić information content (AvgIpc) is 2.69. The summed E-state index contributed by atoms with van der Waals surface area (Å²) in [5, 5.41) is 0. The quantitative estimate of drug-likeness (QED) is 0.675. The number of hydrogen-bond donors (Lipinski definition) is 0. The number of rotatable bonds is 8. The molecule has 0 aromatic heterocycles. The summed E-state index contributed by atoms with van der Waals surface area (Å²) >= 11 is 0. The second-order valence-corrected chi connectivity index (χ2v) is 6.83. The van der Waals surface area contributed by atoms with E-state index in [0.29, 0.717) is 26.3 Å². The molecular formula is C22H26N2O3. The molecule has 0 radical (unpaired) electrons. The number of amides is 2. The van der Waals surface area contributed by atoms with Crippen LogP contribution in [0.3, 0.4) is 0 Å². The SMILES string of the molecule is C[C@H]1C(=O)N(Cc2ccccc2)CC(=O)N1CCCOCc1ccccc1. The van der Waals surface area contributed by atoms with E-state index in [0.717, 1.165) is 17.5 Å². The van der Waals surface area contributed by atoms with Crippen LogP contribution in [0.4, 0.5) is 0 Å². The zero-order chi connectivity index (χ0) is 19.1. The second kappa shape index (κ2) is 9.33. The summed E-state index contributed by atoms with van der Waals surface area (Å²) in [5.41, 5.74) is 2.17. The molecule has 2 aromatic rings. The van der Waals surface area contributed by atoms with Crippen molar-refractivity contribution in [2.24, 2.45) is 0 Å². The van der Waals surface area contributed by atoms with Gasteiger partial charge < -0.3 is 14.5 Å².